The van der Waals surface area contributed by atoms with Crippen molar-refractivity contribution in [1.29, 1.82) is 0 Å². The van der Waals surface area contributed by atoms with Gasteiger partial charge < -0.3 is 9.80 Å². The summed E-state index contributed by atoms with van der Waals surface area (Å²) in [5, 5.41) is 3.88. The summed E-state index contributed by atoms with van der Waals surface area (Å²) >= 11 is 13.8. The van der Waals surface area contributed by atoms with Crippen LogP contribution in [0.15, 0.2) is 29.8 Å². The van der Waals surface area contributed by atoms with Gasteiger partial charge in [-0.1, -0.05) is 17.7 Å². The van der Waals surface area contributed by atoms with Crippen molar-refractivity contribution in [2.24, 2.45) is 0 Å². The van der Waals surface area contributed by atoms with E-state index in [1.165, 1.54) is 5.69 Å². The van der Waals surface area contributed by atoms with Crippen LogP contribution in [0.1, 0.15) is 5.56 Å². The van der Waals surface area contributed by atoms with Gasteiger partial charge in [0.2, 0.25) is 0 Å². The summed E-state index contributed by atoms with van der Waals surface area (Å²) in [6, 6.07) is 6.12. The smallest absolute Gasteiger partial charge is 0.185 e. The molecule has 6 heteroatoms. The maximum Gasteiger partial charge on any atom is 0.185 e. The lowest BCUT2D eigenvalue weighted by molar-refractivity contribution is 0.652. The van der Waals surface area contributed by atoms with E-state index in [4.69, 9.17) is 23.2 Å². The third kappa shape index (κ3) is 2.87. The molecular formula is C14H15Cl2N3S. The van der Waals surface area contributed by atoms with Gasteiger partial charge in [-0.05, 0) is 17.7 Å². The lowest BCUT2D eigenvalue weighted by atomic mass is 10.2. The highest BCUT2D eigenvalue weighted by Crippen LogP contribution is 2.27. The van der Waals surface area contributed by atoms with Crippen LogP contribution >= 0.6 is 34.5 Å². The number of halogens is 2. The molecule has 2 heterocycles. The van der Waals surface area contributed by atoms with Crippen molar-refractivity contribution in [2.45, 2.75) is 5.88 Å². The van der Waals surface area contributed by atoms with Gasteiger partial charge in [0.25, 0.3) is 0 Å². The van der Waals surface area contributed by atoms with E-state index in [2.05, 4.69) is 20.9 Å². The largest absolute Gasteiger partial charge is 0.368 e. The molecule has 2 aromatic rings. The summed E-state index contributed by atoms with van der Waals surface area (Å²) < 4.78 is 0. The average Bonchev–Trinajstić information content (AvgIpc) is 3.01. The van der Waals surface area contributed by atoms with Crippen LogP contribution in [0, 0.1) is 0 Å². The van der Waals surface area contributed by atoms with Gasteiger partial charge in [0.05, 0.1) is 0 Å². The number of anilines is 2. The van der Waals surface area contributed by atoms with Crippen molar-refractivity contribution < 1.29 is 0 Å². The molecule has 1 fully saturated rings. The Morgan fingerprint density at radius 3 is 2.50 bits per heavy atom. The summed E-state index contributed by atoms with van der Waals surface area (Å²) in [6.45, 7) is 3.94. The van der Waals surface area contributed by atoms with E-state index < -0.39 is 0 Å². The molecule has 106 valence electrons. The summed E-state index contributed by atoms with van der Waals surface area (Å²) in [5.74, 6) is 0.455. The molecule has 0 atom stereocenters. The predicted octanol–water partition coefficient (Wildman–Crippen LogP) is 3.86. The minimum Gasteiger partial charge on any atom is -0.368 e. The molecule has 1 aliphatic rings. The fraction of sp³-hybridized carbons (Fsp3) is 0.357. The topological polar surface area (TPSA) is 19.4 Å². The number of rotatable bonds is 3. The van der Waals surface area contributed by atoms with E-state index in [9.17, 15) is 0 Å². The molecule has 3 rings (SSSR count). The predicted molar refractivity (Wildman–Crippen MR) is 87.5 cm³/mol. The highest BCUT2D eigenvalue weighted by atomic mass is 35.5. The Morgan fingerprint density at radius 1 is 1.15 bits per heavy atom. The molecule has 1 aromatic carbocycles. The molecule has 0 unspecified atom stereocenters. The standard InChI is InChI=1S/C14H15Cl2N3S/c15-10-11-1-2-12(9-13(11)16)18-4-6-19(7-5-18)14-17-3-8-20-14/h1-3,8-9H,4-7,10H2. The van der Waals surface area contributed by atoms with Gasteiger partial charge in [-0.3, -0.25) is 0 Å². The van der Waals surface area contributed by atoms with E-state index in [0.717, 1.165) is 41.9 Å². The normalized spacial score (nSPS) is 15.7. The molecule has 3 nitrogen and oxygen atoms in total. The highest BCUT2D eigenvalue weighted by molar-refractivity contribution is 7.13. The van der Waals surface area contributed by atoms with E-state index in [1.807, 2.05) is 23.7 Å². The molecule has 0 spiro atoms. The van der Waals surface area contributed by atoms with Crippen molar-refractivity contribution in [2.75, 3.05) is 36.0 Å². The van der Waals surface area contributed by atoms with Crippen LogP contribution in [0.3, 0.4) is 0 Å². The van der Waals surface area contributed by atoms with E-state index in [1.54, 1.807) is 11.3 Å². The van der Waals surface area contributed by atoms with Gasteiger partial charge in [0.1, 0.15) is 0 Å². The second kappa shape index (κ2) is 6.20. The summed E-state index contributed by atoms with van der Waals surface area (Å²) in [4.78, 5) is 9.05. The molecule has 1 saturated heterocycles. The van der Waals surface area contributed by atoms with Gasteiger partial charge in [-0.2, -0.15) is 0 Å². The first kappa shape index (κ1) is 14.0. The zero-order chi connectivity index (χ0) is 13.9. The first-order valence-electron chi connectivity index (χ1n) is 6.51. The number of nitrogens with zero attached hydrogens (tertiary/aromatic N) is 3. The van der Waals surface area contributed by atoms with Crippen molar-refractivity contribution >= 4 is 45.4 Å². The SMILES string of the molecule is ClCc1ccc(N2CCN(c3nccs3)CC2)cc1Cl. The van der Waals surface area contributed by atoms with Crippen LogP contribution in [0.2, 0.25) is 5.02 Å². The van der Waals surface area contributed by atoms with Gasteiger partial charge in [0, 0.05) is 54.3 Å². The Hall–Kier alpha value is -0.970. The van der Waals surface area contributed by atoms with Crippen LogP contribution in [-0.4, -0.2) is 31.2 Å². The first-order valence-corrected chi connectivity index (χ1v) is 8.31. The molecule has 1 aromatic heterocycles. The van der Waals surface area contributed by atoms with Crippen LogP contribution in [0.25, 0.3) is 0 Å². The third-order valence-electron chi connectivity index (χ3n) is 3.52. The van der Waals surface area contributed by atoms with Gasteiger partial charge in [-0.15, -0.1) is 22.9 Å². The van der Waals surface area contributed by atoms with Crippen molar-refractivity contribution in [3.8, 4) is 0 Å². The minimum absolute atomic E-state index is 0.455. The fourth-order valence-electron chi connectivity index (χ4n) is 2.37. The van der Waals surface area contributed by atoms with Crippen LogP contribution in [0.4, 0.5) is 10.8 Å². The Morgan fingerprint density at radius 2 is 1.90 bits per heavy atom. The second-order valence-electron chi connectivity index (χ2n) is 4.70. The lowest BCUT2D eigenvalue weighted by Crippen LogP contribution is -2.46. The molecule has 0 N–H and O–H groups in total. The fourth-order valence-corrected chi connectivity index (χ4v) is 3.61. The van der Waals surface area contributed by atoms with Gasteiger partial charge in [-0.25, -0.2) is 4.98 Å². The minimum atomic E-state index is 0.455. The van der Waals surface area contributed by atoms with Crippen LogP contribution in [0.5, 0.6) is 0 Å². The lowest BCUT2D eigenvalue weighted by Gasteiger charge is -2.36. The Bertz CT molecular complexity index is 566. The number of aromatic nitrogens is 1. The second-order valence-corrected chi connectivity index (χ2v) is 6.25. The molecule has 1 aliphatic heterocycles. The first-order chi connectivity index (χ1) is 9.78. The zero-order valence-electron chi connectivity index (χ0n) is 10.9. The molecule has 20 heavy (non-hydrogen) atoms. The number of hydrogen-bond donors (Lipinski definition) is 0. The summed E-state index contributed by atoms with van der Waals surface area (Å²) in [5.41, 5.74) is 2.15. The van der Waals surface area contributed by atoms with E-state index in [-0.39, 0.29) is 0 Å². The highest BCUT2D eigenvalue weighted by Gasteiger charge is 2.19. The van der Waals surface area contributed by atoms with Crippen molar-refractivity contribution in [3.05, 3.63) is 40.4 Å². The summed E-state index contributed by atoms with van der Waals surface area (Å²) in [6.07, 6.45) is 1.86. The molecule has 0 saturated carbocycles. The van der Waals surface area contributed by atoms with Crippen molar-refractivity contribution in [1.82, 2.24) is 4.98 Å². The molecule has 0 aliphatic carbocycles. The van der Waals surface area contributed by atoms with Gasteiger partial charge >= 0.3 is 0 Å². The molecule has 0 bridgehead atoms. The maximum atomic E-state index is 6.23. The average molecular weight is 328 g/mol. The number of thiazole rings is 1. The van der Waals surface area contributed by atoms with E-state index >= 15 is 0 Å². The molecule has 0 radical (unpaired) electrons. The van der Waals surface area contributed by atoms with Gasteiger partial charge in [0.15, 0.2) is 5.13 Å². The number of piperazine rings is 1. The van der Waals surface area contributed by atoms with Crippen LogP contribution < -0.4 is 9.80 Å². The Balaban J connectivity index is 1.67. The van der Waals surface area contributed by atoms with Crippen molar-refractivity contribution in [3.63, 3.8) is 0 Å². The maximum absolute atomic E-state index is 6.23. The molecule has 0 amide bonds. The Kier molecular flexibility index (Phi) is 4.34. The zero-order valence-corrected chi connectivity index (χ0v) is 13.3. The number of benzene rings is 1. The van der Waals surface area contributed by atoms with Crippen LogP contribution in [-0.2, 0) is 5.88 Å². The van der Waals surface area contributed by atoms with E-state index in [0.29, 0.717) is 5.88 Å². The Labute approximate surface area is 132 Å². The summed E-state index contributed by atoms with van der Waals surface area (Å²) in [7, 11) is 0. The number of hydrogen-bond acceptors (Lipinski definition) is 4. The third-order valence-corrected chi connectivity index (χ3v) is 4.99. The molecular weight excluding hydrogens is 313 g/mol. The monoisotopic (exact) mass is 327 g/mol. The quantitative estimate of drug-likeness (QED) is 0.798. The number of alkyl halides is 1.